The van der Waals surface area contributed by atoms with Gasteiger partial charge in [0.1, 0.15) is 12.1 Å². The first-order valence-electron chi connectivity index (χ1n) is 9.79. The largest absolute Gasteiger partial charge is 0.467 e. The molecule has 0 aromatic carbocycles. The van der Waals surface area contributed by atoms with E-state index in [-0.39, 0.29) is 34.5 Å². The highest BCUT2D eigenvalue weighted by Gasteiger charge is 2.70. The molecule has 2 fully saturated rings. The molecule has 1 N–H and O–H groups in total. The number of likely N-dealkylation sites (tertiary alicyclic amines) is 1. The summed E-state index contributed by atoms with van der Waals surface area (Å²) in [5.74, 6) is -0.274. The average Bonchev–Trinajstić information content (AvgIpc) is 2.85. The Hall–Kier alpha value is -1.59. The van der Waals surface area contributed by atoms with E-state index in [9.17, 15) is 14.4 Å². The summed E-state index contributed by atoms with van der Waals surface area (Å²) < 4.78 is 5.00. The predicted octanol–water partition coefficient (Wildman–Crippen LogP) is 2.61. The number of amides is 2. The van der Waals surface area contributed by atoms with Gasteiger partial charge in [-0.1, -0.05) is 55.4 Å². The van der Waals surface area contributed by atoms with Gasteiger partial charge in [0.25, 0.3) is 0 Å². The number of nitrogens with zero attached hydrogens (tertiary/aromatic N) is 1. The molecular weight excluding hydrogens is 344 g/mol. The second-order valence-corrected chi connectivity index (χ2v) is 11.0. The zero-order valence-electron chi connectivity index (χ0n) is 18.3. The molecule has 2 unspecified atom stereocenters. The Labute approximate surface area is 163 Å². The number of hydrogen-bond donors (Lipinski definition) is 1. The molecular formula is C21H36N2O4. The van der Waals surface area contributed by atoms with Crippen molar-refractivity contribution in [1.82, 2.24) is 10.2 Å². The lowest BCUT2D eigenvalue weighted by Crippen LogP contribution is -2.58. The number of piperidine rings is 1. The van der Waals surface area contributed by atoms with Crippen molar-refractivity contribution in [2.24, 2.45) is 28.1 Å². The average molecular weight is 381 g/mol. The van der Waals surface area contributed by atoms with Crippen LogP contribution in [-0.2, 0) is 19.1 Å². The first kappa shape index (κ1) is 21.7. The van der Waals surface area contributed by atoms with E-state index in [1.165, 1.54) is 7.11 Å². The van der Waals surface area contributed by atoms with Crippen molar-refractivity contribution in [3.8, 4) is 0 Å². The third-order valence-electron chi connectivity index (χ3n) is 6.04. The molecule has 4 atom stereocenters. The van der Waals surface area contributed by atoms with Crippen LogP contribution in [0.25, 0.3) is 0 Å². The van der Waals surface area contributed by atoms with Gasteiger partial charge in [0.15, 0.2) is 0 Å². The Morgan fingerprint density at radius 3 is 2.15 bits per heavy atom. The maximum absolute atomic E-state index is 13.4. The minimum Gasteiger partial charge on any atom is -0.467 e. The van der Waals surface area contributed by atoms with E-state index in [0.717, 1.165) is 0 Å². The quantitative estimate of drug-likeness (QED) is 0.761. The zero-order chi connectivity index (χ0) is 20.9. The maximum atomic E-state index is 13.4. The van der Waals surface area contributed by atoms with Crippen molar-refractivity contribution >= 4 is 17.8 Å². The molecule has 2 aliphatic rings. The smallest absolute Gasteiger partial charge is 0.328 e. The van der Waals surface area contributed by atoms with Crippen molar-refractivity contribution in [3.63, 3.8) is 0 Å². The summed E-state index contributed by atoms with van der Waals surface area (Å²) in [6, 6.07) is -1.24. The first-order valence-corrected chi connectivity index (χ1v) is 9.79. The first-order chi connectivity index (χ1) is 12.1. The van der Waals surface area contributed by atoms with E-state index in [1.807, 2.05) is 41.5 Å². The van der Waals surface area contributed by atoms with Gasteiger partial charge in [0, 0.05) is 18.9 Å². The SMILES string of the molecule is COC(=O)[C@@H]1[C@@H]2C(CN1C(=O)C(NC(=O)CC(C)(C)C)C(C)(C)C)C2(C)C. The number of nitrogens with one attached hydrogen (secondary N) is 1. The monoisotopic (exact) mass is 380 g/mol. The van der Waals surface area contributed by atoms with Crippen LogP contribution in [0.1, 0.15) is 61.8 Å². The van der Waals surface area contributed by atoms with Crippen LogP contribution < -0.4 is 5.32 Å². The number of hydrogen-bond acceptors (Lipinski definition) is 4. The van der Waals surface area contributed by atoms with E-state index in [2.05, 4.69) is 19.2 Å². The Morgan fingerprint density at radius 2 is 1.70 bits per heavy atom. The Kier molecular flexibility index (Phi) is 5.45. The van der Waals surface area contributed by atoms with Crippen molar-refractivity contribution in [1.29, 1.82) is 0 Å². The lowest BCUT2D eigenvalue weighted by atomic mass is 9.84. The van der Waals surface area contributed by atoms with Gasteiger partial charge >= 0.3 is 5.97 Å². The van der Waals surface area contributed by atoms with Crippen molar-refractivity contribution in [2.45, 2.75) is 73.9 Å². The van der Waals surface area contributed by atoms with Crippen molar-refractivity contribution in [2.75, 3.05) is 13.7 Å². The normalized spacial score (nSPS) is 27.6. The molecule has 6 nitrogen and oxygen atoms in total. The standard InChI is InChI=1S/C21H36N2O4/c1-19(2,3)10-13(24)22-16(20(4,5)6)17(25)23-11-12-14(21(12,7)8)15(23)18(26)27-9/h12,14-16H,10-11H2,1-9H3,(H,22,24)/t12?,14-,15-,16?/m0/s1. The molecule has 1 saturated heterocycles. The molecule has 0 radical (unpaired) electrons. The van der Waals surface area contributed by atoms with E-state index in [0.29, 0.717) is 18.9 Å². The van der Waals surface area contributed by atoms with Crippen LogP contribution in [0.5, 0.6) is 0 Å². The van der Waals surface area contributed by atoms with Gasteiger partial charge in [-0.15, -0.1) is 0 Å². The number of fused-ring (bicyclic) bond motifs is 1. The summed E-state index contributed by atoms with van der Waals surface area (Å²) in [6.45, 7) is 16.6. The van der Waals surface area contributed by atoms with E-state index < -0.39 is 17.5 Å². The van der Waals surface area contributed by atoms with E-state index >= 15 is 0 Å². The third kappa shape index (κ3) is 4.30. The molecule has 1 heterocycles. The second kappa shape index (κ2) is 6.78. The molecule has 0 bridgehead atoms. The molecule has 1 saturated carbocycles. The minimum absolute atomic E-state index is 0.0440. The van der Waals surface area contributed by atoms with Gasteiger partial charge in [-0.3, -0.25) is 9.59 Å². The van der Waals surface area contributed by atoms with Crippen LogP contribution in [-0.4, -0.2) is 48.4 Å². The molecule has 1 aliphatic heterocycles. The molecule has 0 aromatic heterocycles. The number of carbonyl (C=O) groups is 3. The summed E-state index contributed by atoms with van der Waals surface area (Å²) in [5.41, 5.74) is -0.584. The van der Waals surface area contributed by atoms with Crippen LogP contribution in [0.2, 0.25) is 0 Å². The molecule has 154 valence electrons. The van der Waals surface area contributed by atoms with Crippen LogP contribution >= 0.6 is 0 Å². The summed E-state index contributed by atoms with van der Waals surface area (Å²) in [7, 11) is 1.36. The minimum atomic E-state index is -0.680. The van der Waals surface area contributed by atoms with Gasteiger partial charge in [-0.2, -0.15) is 0 Å². The van der Waals surface area contributed by atoms with Crippen LogP contribution in [0, 0.1) is 28.1 Å². The topological polar surface area (TPSA) is 75.7 Å². The Morgan fingerprint density at radius 1 is 1.15 bits per heavy atom. The van der Waals surface area contributed by atoms with Crippen molar-refractivity contribution < 1.29 is 19.1 Å². The molecule has 2 amide bonds. The fraction of sp³-hybridized carbons (Fsp3) is 0.857. The van der Waals surface area contributed by atoms with Gasteiger partial charge in [0.2, 0.25) is 11.8 Å². The lowest BCUT2D eigenvalue weighted by molar-refractivity contribution is -0.155. The van der Waals surface area contributed by atoms with E-state index in [4.69, 9.17) is 4.74 Å². The molecule has 2 rings (SSSR count). The lowest BCUT2D eigenvalue weighted by Gasteiger charge is -2.37. The maximum Gasteiger partial charge on any atom is 0.328 e. The van der Waals surface area contributed by atoms with E-state index in [1.54, 1.807) is 4.90 Å². The molecule has 0 spiro atoms. The number of rotatable bonds is 4. The second-order valence-electron chi connectivity index (χ2n) is 11.0. The van der Waals surface area contributed by atoms with Gasteiger partial charge in [0.05, 0.1) is 7.11 Å². The summed E-state index contributed by atoms with van der Waals surface area (Å²) >= 11 is 0. The highest BCUT2D eigenvalue weighted by Crippen LogP contribution is 2.65. The van der Waals surface area contributed by atoms with Gasteiger partial charge in [-0.05, 0) is 22.2 Å². The molecule has 1 aliphatic carbocycles. The Bertz CT molecular complexity index is 627. The molecule has 0 aromatic rings. The predicted molar refractivity (Wildman–Crippen MR) is 104 cm³/mol. The van der Waals surface area contributed by atoms with Crippen LogP contribution in [0.15, 0.2) is 0 Å². The van der Waals surface area contributed by atoms with Crippen molar-refractivity contribution in [3.05, 3.63) is 0 Å². The zero-order valence-corrected chi connectivity index (χ0v) is 18.3. The molecule has 6 heteroatoms. The third-order valence-corrected chi connectivity index (χ3v) is 6.04. The number of esters is 1. The fourth-order valence-electron chi connectivity index (χ4n) is 4.41. The number of ether oxygens (including phenoxy) is 1. The van der Waals surface area contributed by atoms with Crippen LogP contribution in [0.4, 0.5) is 0 Å². The fourth-order valence-corrected chi connectivity index (χ4v) is 4.41. The summed E-state index contributed by atoms with van der Waals surface area (Å²) in [4.78, 5) is 40.0. The number of carbonyl (C=O) groups excluding carboxylic acids is 3. The highest BCUT2D eigenvalue weighted by molar-refractivity contribution is 5.92. The number of methoxy groups -OCH3 is 1. The summed E-state index contributed by atoms with van der Waals surface area (Å²) in [6.07, 6.45) is 0.339. The summed E-state index contributed by atoms with van der Waals surface area (Å²) in [5, 5.41) is 2.94. The van der Waals surface area contributed by atoms with Crippen LogP contribution in [0.3, 0.4) is 0 Å². The Balaban J connectivity index is 2.23. The van der Waals surface area contributed by atoms with Gasteiger partial charge < -0.3 is 15.0 Å². The highest BCUT2D eigenvalue weighted by atomic mass is 16.5. The van der Waals surface area contributed by atoms with Gasteiger partial charge in [-0.25, -0.2) is 4.79 Å². The molecule has 27 heavy (non-hydrogen) atoms.